The van der Waals surface area contributed by atoms with E-state index in [1.807, 2.05) is 29.2 Å². The molecule has 0 saturated heterocycles. The third kappa shape index (κ3) is 2.46. The van der Waals surface area contributed by atoms with Crippen molar-refractivity contribution in [1.82, 2.24) is 9.55 Å². The SMILES string of the molecule is COc1ccc(C2=Cc3c(C)ccc(-n4ccnc4)c3NC2)cc1. The summed E-state index contributed by atoms with van der Waals surface area (Å²) in [6, 6.07) is 12.5. The van der Waals surface area contributed by atoms with E-state index in [4.69, 9.17) is 4.74 Å². The first-order chi connectivity index (χ1) is 11.8. The molecule has 0 saturated carbocycles. The van der Waals surface area contributed by atoms with Crippen molar-refractivity contribution < 1.29 is 4.74 Å². The molecule has 2 heterocycles. The van der Waals surface area contributed by atoms with Crippen LogP contribution in [0.2, 0.25) is 0 Å². The van der Waals surface area contributed by atoms with Crippen LogP contribution in [0.25, 0.3) is 17.3 Å². The molecule has 1 aliphatic heterocycles. The van der Waals surface area contributed by atoms with Gasteiger partial charge in [-0.1, -0.05) is 18.2 Å². The molecule has 120 valence electrons. The van der Waals surface area contributed by atoms with Crippen molar-refractivity contribution in [2.75, 3.05) is 19.0 Å². The highest BCUT2D eigenvalue weighted by atomic mass is 16.5. The molecule has 0 radical (unpaired) electrons. The summed E-state index contributed by atoms with van der Waals surface area (Å²) in [6.45, 7) is 2.94. The largest absolute Gasteiger partial charge is 0.497 e. The number of fused-ring (bicyclic) bond motifs is 1. The molecule has 24 heavy (non-hydrogen) atoms. The molecular formula is C20H19N3O. The Kier molecular flexibility index (Phi) is 3.58. The molecule has 0 fully saturated rings. The number of hydrogen-bond donors (Lipinski definition) is 1. The summed E-state index contributed by atoms with van der Waals surface area (Å²) in [5.74, 6) is 0.877. The highest BCUT2D eigenvalue weighted by Gasteiger charge is 2.17. The van der Waals surface area contributed by atoms with Gasteiger partial charge in [0.15, 0.2) is 0 Å². The molecule has 1 N–H and O–H groups in total. The molecule has 1 aliphatic rings. The summed E-state index contributed by atoms with van der Waals surface area (Å²) in [4.78, 5) is 4.16. The monoisotopic (exact) mass is 317 g/mol. The summed E-state index contributed by atoms with van der Waals surface area (Å²) >= 11 is 0. The summed E-state index contributed by atoms with van der Waals surface area (Å²) in [5, 5.41) is 3.59. The van der Waals surface area contributed by atoms with Crippen LogP contribution < -0.4 is 10.1 Å². The molecule has 3 aromatic rings. The van der Waals surface area contributed by atoms with Crippen LogP contribution in [0.15, 0.2) is 55.1 Å². The average Bonchev–Trinajstić information content (AvgIpc) is 3.16. The van der Waals surface area contributed by atoms with Crippen LogP contribution in [0.3, 0.4) is 0 Å². The van der Waals surface area contributed by atoms with E-state index in [0.717, 1.165) is 23.7 Å². The number of methoxy groups -OCH3 is 1. The third-order valence-corrected chi connectivity index (χ3v) is 4.46. The fraction of sp³-hybridized carbons (Fsp3) is 0.150. The van der Waals surface area contributed by atoms with Crippen LogP contribution in [0.1, 0.15) is 16.7 Å². The van der Waals surface area contributed by atoms with Crippen LogP contribution in [0, 0.1) is 6.92 Å². The van der Waals surface area contributed by atoms with Gasteiger partial charge in [0.25, 0.3) is 0 Å². The number of rotatable bonds is 3. The standard InChI is InChI=1S/C20H19N3O/c1-14-3-8-19(23-10-9-21-13-23)20-18(14)11-16(12-22-20)15-4-6-17(24-2)7-5-15/h3-11,13,22H,12H2,1-2H3. The van der Waals surface area contributed by atoms with Gasteiger partial charge in [-0.25, -0.2) is 4.98 Å². The zero-order valence-electron chi connectivity index (χ0n) is 13.8. The van der Waals surface area contributed by atoms with Gasteiger partial charge in [-0.05, 0) is 47.9 Å². The maximum Gasteiger partial charge on any atom is 0.118 e. The molecule has 4 rings (SSSR count). The second-order valence-corrected chi connectivity index (χ2v) is 5.91. The maximum atomic E-state index is 5.25. The summed E-state index contributed by atoms with van der Waals surface area (Å²) in [6.07, 6.45) is 7.88. The van der Waals surface area contributed by atoms with Crippen molar-refractivity contribution >= 4 is 17.3 Å². The topological polar surface area (TPSA) is 39.1 Å². The van der Waals surface area contributed by atoms with Crippen LogP contribution in [0.5, 0.6) is 5.75 Å². The molecule has 0 spiro atoms. The van der Waals surface area contributed by atoms with Gasteiger partial charge < -0.3 is 14.6 Å². The van der Waals surface area contributed by atoms with Gasteiger partial charge in [0.05, 0.1) is 24.8 Å². The van der Waals surface area contributed by atoms with Crippen molar-refractivity contribution in [3.8, 4) is 11.4 Å². The Morgan fingerprint density at radius 2 is 1.96 bits per heavy atom. The summed E-state index contributed by atoms with van der Waals surface area (Å²) < 4.78 is 7.28. The predicted octanol–water partition coefficient (Wildman–Crippen LogP) is 4.16. The smallest absolute Gasteiger partial charge is 0.118 e. The number of nitrogens with zero attached hydrogens (tertiary/aromatic N) is 2. The Bertz CT molecular complexity index is 893. The lowest BCUT2D eigenvalue weighted by molar-refractivity contribution is 0.415. The van der Waals surface area contributed by atoms with E-state index in [0.29, 0.717) is 0 Å². The zero-order chi connectivity index (χ0) is 16.5. The maximum absolute atomic E-state index is 5.25. The summed E-state index contributed by atoms with van der Waals surface area (Å²) in [5.41, 5.74) is 7.26. The Balaban J connectivity index is 1.79. The minimum Gasteiger partial charge on any atom is -0.497 e. The Morgan fingerprint density at radius 3 is 2.67 bits per heavy atom. The number of benzene rings is 2. The quantitative estimate of drug-likeness (QED) is 0.788. The van der Waals surface area contributed by atoms with Crippen LogP contribution in [-0.4, -0.2) is 23.2 Å². The molecule has 0 bridgehead atoms. The fourth-order valence-corrected chi connectivity index (χ4v) is 3.10. The van der Waals surface area contributed by atoms with Crippen molar-refractivity contribution in [2.45, 2.75) is 6.92 Å². The Labute approximate surface area is 141 Å². The Hall–Kier alpha value is -3.01. The molecule has 0 atom stereocenters. The Morgan fingerprint density at radius 1 is 1.12 bits per heavy atom. The number of aryl methyl sites for hydroxylation is 1. The molecule has 4 nitrogen and oxygen atoms in total. The molecule has 4 heteroatoms. The fourth-order valence-electron chi connectivity index (χ4n) is 3.10. The molecule has 0 aliphatic carbocycles. The number of aromatic nitrogens is 2. The minimum atomic E-state index is 0.796. The average molecular weight is 317 g/mol. The van der Waals surface area contributed by atoms with E-state index in [1.54, 1.807) is 13.3 Å². The number of imidazole rings is 1. The molecule has 1 aromatic heterocycles. The number of nitrogens with one attached hydrogen (secondary N) is 1. The van der Waals surface area contributed by atoms with Gasteiger partial charge in [0.2, 0.25) is 0 Å². The lowest BCUT2D eigenvalue weighted by atomic mass is 9.95. The second kappa shape index (κ2) is 5.89. The van der Waals surface area contributed by atoms with E-state index in [1.165, 1.54) is 22.3 Å². The third-order valence-electron chi connectivity index (χ3n) is 4.46. The van der Waals surface area contributed by atoms with Gasteiger partial charge in [-0.15, -0.1) is 0 Å². The first kappa shape index (κ1) is 14.6. The van der Waals surface area contributed by atoms with Crippen molar-refractivity contribution in [2.24, 2.45) is 0 Å². The van der Waals surface area contributed by atoms with E-state index in [9.17, 15) is 0 Å². The molecular weight excluding hydrogens is 298 g/mol. The highest BCUT2D eigenvalue weighted by molar-refractivity contribution is 5.93. The van der Waals surface area contributed by atoms with E-state index < -0.39 is 0 Å². The van der Waals surface area contributed by atoms with Gasteiger partial charge in [0.1, 0.15) is 5.75 Å². The van der Waals surface area contributed by atoms with Crippen LogP contribution in [0.4, 0.5) is 5.69 Å². The van der Waals surface area contributed by atoms with Gasteiger partial charge in [-0.2, -0.15) is 0 Å². The first-order valence-corrected chi connectivity index (χ1v) is 7.97. The van der Waals surface area contributed by atoms with Crippen molar-refractivity contribution in [3.05, 3.63) is 71.8 Å². The minimum absolute atomic E-state index is 0.796. The van der Waals surface area contributed by atoms with Crippen molar-refractivity contribution in [3.63, 3.8) is 0 Å². The van der Waals surface area contributed by atoms with Crippen LogP contribution in [-0.2, 0) is 0 Å². The van der Waals surface area contributed by atoms with Gasteiger partial charge >= 0.3 is 0 Å². The van der Waals surface area contributed by atoms with E-state index in [-0.39, 0.29) is 0 Å². The zero-order valence-corrected chi connectivity index (χ0v) is 13.8. The lowest BCUT2D eigenvalue weighted by Crippen LogP contribution is -2.13. The van der Waals surface area contributed by atoms with Crippen molar-refractivity contribution in [1.29, 1.82) is 0 Å². The second-order valence-electron chi connectivity index (χ2n) is 5.91. The van der Waals surface area contributed by atoms with Gasteiger partial charge in [-0.3, -0.25) is 0 Å². The van der Waals surface area contributed by atoms with Gasteiger partial charge in [0, 0.05) is 24.5 Å². The number of ether oxygens (including phenoxy) is 1. The normalized spacial score (nSPS) is 13.0. The summed E-state index contributed by atoms with van der Waals surface area (Å²) in [7, 11) is 1.69. The molecule has 0 unspecified atom stereocenters. The highest BCUT2D eigenvalue weighted by Crippen LogP contribution is 2.35. The number of anilines is 1. The molecule has 0 amide bonds. The van der Waals surface area contributed by atoms with Crippen LogP contribution >= 0.6 is 0 Å². The number of hydrogen-bond acceptors (Lipinski definition) is 3. The molecule has 2 aromatic carbocycles. The lowest BCUT2D eigenvalue weighted by Gasteiger charge is -2.23. The first-order valence-electron chi connectivity index (χ1n) is 7.97. The predicted molar refractivity (Wildman–Crippen MR) is 97.7 cm³/mol. The van der Waals surface area contributed by atoms with E-state index in [2.05, 4.69) is 47.6 Å². The van der Waals surface area contributed by atoms with E-state index >= 15 is 0 Å².